The predicted octanol–water partition coefficient (Wildman–Crippen LogP) is 6.78. The quantitative estimate of drug-likeness (QED) is 0.0282. The van der Waals surface area contributed by atoms with Gasteiger partial charge in [-0.15, -0.1) is 0 Å². The van der Waals surface area contributed by atoms with Crippen molar-refractivity contribution in [3.8, 4) is 23.0 Å². The van der Waals surface area contributed by atoms with Crippen molar-refractivity contribution < 1.29 is 69.3 Å². The maximum atomic E-state index is 14.3. The molecule has 0 fully saturated rings. The van der Waals surface area contributed by atoms with E-state index in [9.17, 15) is 50.4 Å². The van der Waals surface area contributed by atoms with Gasteiger partial charge in [-0.3, -0.25) is 48.4 Å². The van der Waals surface area contributed by atoms with Crippen LogP contribution in [0.1, 0.15) is 102 Å². The summed E-state index contributed by atoms with van der Waals surface area (Å²) in [5.74, 6) is -2.24. The Labute approximate surface area is 550 Å². The van der Waals surface area contributed by atoms with Crippen LogP contribution in [0.5, 0.6) is 23.0 Å². The molecular weight excluding hydrogens is 1260 g/mol. The number of rotatable bonds is 26. The van der Waals surface area contributed by atoms with Gasteiger partial charge in [0.05, 0.1) is 58.6 Å². The summed E-state index contributed by atoms with van der Waals surface area (Å²) in [6.45, 7) is 5.57. The van der Waals surface area contributed by atoms with Crippen molar-refractivity contribution in [2.24, 2.45) is 15.9 Å². The van der Waals surface area contributed by atoms with Crippen molar-refractivity contribution in [2.45, 2.75) is 106 Å². The van der Waals surface area contributed by atoms with Crippen LogP contribution in [0.25, 0.3) is 11.1 Å². The molecule has 0 spiro atoms. The van der Waals surface area contributed by atoms with E-state index in [1.807, 2.05) is 12.2 Å². The van der Waals surface area contributed by atoms with E-state index in [4.69, 9.17) is 28.9 Å². The molecule has 27 heteroatoms. The maximum absolute atomic E-state index is 14.3. The summed E-state index contributed by atoms with van der Waals surface area (Å²) >= 11 is 0. The van der Waals surface area contributed by atoms with Crippen molar-refractivity contribution in [1.29, 1.82) is 0 Å². The van der Waals surface area contributed by atoms with Gasteiger partial charge in [0, 0.05) is 68.5 Å². The van der Waals surface area contributed by atoms with Gasteiger partial charge in [0.15, 0.2) is 23.0 Å². The average Bonchev–Trinajstić information content (AvgIpc) is 1.72. The number of amides is 7. The maximum Gasteiger partial charge on any atom is 0.257 e. The molecule has 5 aliphatic rings. The van der Waals surface area contributed by atoms with Crippen LogP contribution in [0.15, 0.2) is 135 Å². The average molecular weight is 1340 g/mol. The number of methoxy groups -OCH3 is 2. The number of benzene rings is 5. The van der Waals surface area contributed by atoms with E-state index in [0.717, 1.165) is 27.2 Å². The van der Waals surface area contributed by atoms with Crippen LogP contribution in [0.2, 0.25) is 0 Å². The van der Waals surface area contributed by atoms with E-state index in [-0.39, 0.29) is 119 Å². The van der Waals surface area contributed by atoms with Gasteiger partial charge in [0.1, 0.15) is 25.3 Å². The minimum atomic E-state index is -3.64. The molecule has 5 heterocycles. The Morgan fingerprint density at radius 2 is 1.06 bits per heavy atom. The van der Waals surface area contributed by atoms with Gasteiger partial charge in [-0.2, -0.15) is 0 Å². The number of imide groups is 1. The molecule has 5 aromatic rings. The van der Waals surface area contributed by atoms with E-state index >= 15 is 0 Å². The Balaban J connectivity index is 0.858. The molecule has 95 heavy (non-hydrogen) atoms. The minimum absolute atomic E-state index is 0.0950. The summed E-state index contributed by atoms with van der Waals surface area (Å²) < 4.78 is 78.8. The molecule has 10 rings (SSSR count). The largest absolute Gasteiger partial charge is 0.493 e. The molecule has 0 saturated heterocycles. The third kappa shape index (κ3) is 15.6. The lowest BCUT2D eigenvalue weighted by atomic mass is 9.94. The molecule has 0 unspecified atom stereocenters. The Morgan fingerprint density at radius 3 is 1.51 bits per heavy atom. The zero-order valence-electron chi connectivity index (χ0n) is 53.5. The van der Waals surface area contributed by atoms with E-state index in [1.54, 1.807) is 103 Å². The van der Waals surface area contributed by atoms with Gasteiger partial charge >= 0.3 is 0 Å². The topological polar surface area (TPSA) is 319 Å². The fourth-order valence-electron chi connectivity index (χ4n) is 11.6. The van der Waals surface area contributed by atoms with Crippen molar-refractivity contribution in [2.75, 3.05) is 53.3 Å². The Bertz CT molecular complexity index is 4030. The van der Waals surface area contributed by atoms with Crippen molar-refractivity contribution in [3.05, 3.63) is 149 Å². The molecular formula is C68H74N10O15S2. The monoisotopic (exact) mass is 1330 g/mol. The van der Waals surface area contributed by atoms with Crippen LogP contribution >= 0.6 is 0 Å². The number of hydrogen-bond donors (Lipinski definition) is 5. The number of nitrogens with one attached hydrogen (secondary N) is 5. The predicted molar refractivity (Wildman–Crippen MR) is 355 cm³/mol. The molecule has 0 aliphatic carbocycles. The van der Waals surface area contributed by atoms with E-state index in [0.29, 0.717) is 60.3 Å². The number of sulfonamides is 2. The van der Waals surface area contributed by atoms with Crippen molar-refractivity contribution in [3.63, 3.8) is 0 Å². The van der Waals surface area contributed by atoms with E-state index in [1.165, 1.54) is 71.7 Å². The fourth-order valence-corrected chi connectivity index (χ4v) is 13.1. The second-order valence-electron chi connectivity index (χ2n) is 23.6. The van der Waals surface area contributed by atoms with Crippen LogP contribution in [0.3, 0.4) is 0 Å². The zero-order valence-corrected chi connectivity index (χ0v) is 55.1. The first kappa shape index (κ1) is 68.0. The van der Waals surface area contributed by atoms with Crippen molar-refractivity contribution in [1.82, 2.24) is 34.8 Å². The second-order valence-corrected chi connectivity index (χ2v) is 27.3. The molecule has 498 valence electrons. The van der Waals surface area contributed by atoms with Crippen LogP contribution in [0, 0.1) is 5.92 Å². The summed E-state index contributed by atoms with van der Waals surface area (Å²) in [4.78, 5) is 108. The van der Waals surface area contributed by atoms with Crippen LogP contribution in [-0.4, -0.2) is 157 Å². The molecule has 0 bridgehead atoms. The lowest BCUT2D eigenvalue weighted by Gasteiger charge is -2.32. The molecule has 5 aliphatic heterocycles. The van der Waals surface area contributed by atoms with Gasteiger partial charge < -0.3 is 44.7 Å². The highest BCUT2D eigenvalue weighted by atomic mass is 32.2. The smallest absolute Gasteiger partial charge is 0.257 e. The molecule has 4 atom stereocenters. The normalized spacial score (nSPS) is 17.3. The summed E-state index contributed by atoms with van der Waals surface area (Å²) in [5, 5.41) is 8.44. The van der Waals surface area contributed by atoms with Gasteiger partial charge in [-0.05, 0) is 141 Å². The fraction of sp³-hybridized carbons (Fsp3) is 0.338. The number of fused-ring (bicyclic) bond motifs is 4. The van der Waals surface area contributed by atoms with Crippen molar-refractivity contribution >= 4 is 102 Å². The highest BCUT2D eigenvalue weighted by Crippen LogP contribution is 2.42. The minimum Gasteiger partial charge on any atom is -0.493 e. The standard InChI is InChI=1S/C68H74N10O15S2/c1-40(2)64(75-61(79)11-9-8-10-24-78-62(80)20-21-63(78)81)66(83)73-41(3)65(82)74-48-28-42(38-92-59-34-55-53(32-57(59)90-6)67(84)76-25-22-46(30-49(76)36-71-55)44-12-16-51(17-13-44)94(86,87)69-4)27-43(29-48)39-93-60-35-56-54(33-58(60)91-7)68(85)77-26-23-47(31-50(77)37-72-56)45-14-18-52(19-15-45)95(88,89)70-5/h12-23,27-29,32-37,40-41,49-50,64,69-70H,8-11,24-26,30-31,38-39H2,1-7H3,(H,73,83)(H,74,82)(H,75,79)/t41-,49-,50-,64-/m0/s1. The van der Waals surface area contributed by atoms with Crippen LogP contribution < -0.4 is 44.3 Å². The number of carbonyl (C=O) groups is 7. The van der Waals surface area contributed by atoms with Crippen LogP contribution in [0.4, 0.5) is 17.1 Å². The molecule has 0 radical (unpaired) electrons. The highest BCUT2D eigenvalue weighted by Gasteiger charge is 2.35. The van der Waals surface area contributed by atoms with Gasteiger partial charge in [0.25, 0.3) is 23.6 Å². The Hall–Kier alpha value is -9.83. The molecule has 25 nitrogen and oxygen atoms in total. The van der Waals surface area contributed by atoms with Gasteiger partial charge in [-0.1, -0.05) is 56.7 Å². The number of aliphatic imine (C=N–C) groups is 2. The number of carbonyl (C=O) groups excluding carboxylic acids is 7. The third-order valence-corrected chi connectivity index (χ3v) is 19.8. The van der Waals surface area contributed by atoms with E-state index in [2.05, 4.69) is 25.4 Å². The third-order valence-electron chi connectivity index (χ3n) is 17.0. The van der Waals surface area contributed by atoms with E-state index < -0.39 is 56.0 Å². The first-order chi connectivity index (χ1) is 45.5. The second kappa shape index (κ2) is 29.2. The summed E-state index contributed by atoms with van der Waals surface area (Å²) in [5.41, 5.74) is 6.06. The SMILES string of the molecule is CNS(=O)(=O)c1ccc(C2=CCN3C(=O)c4cc(OC)c(OCc5cc(COc6cc7c(cc6OC)C(=O)N6CC=C(c8ccc(S(=O)(=O)NC)cc8)C[C@H]6C=N7)cc(NC(=O)[C@H](C)NC(=O)[C@@H](NC(=O)CCCCCN6C(=O)C=CC6=O)C(C)C)c5)cc4N=C[C@@H]3C2)cc1. The first-order valence-corrected chi connectivity index (χ1v) is 33.9. The number of unbranched alkanes of at least 4 members (excludes halogenated alkanes) is 2. The lowest BCUT2D eigenvalue weighted by Crippen LogP contribution is -2.53. The zero-order chi connectivity index (χ0) is 67.9. The Morgan fingerprint density at radius 1 is 0.589 bits per heavy atom. The molecule has 0 aromatic heterocycles. The molecule has 5 N–H and O–H groups in total. The highest BCUT2D eigenvalue weighted by molar-refractivity contribution is 7.89. The molecule has 5 aromatic carbocycles. The summed E-state index contributed by atoms with van der Waals surface area (Å²) in [7, 11) is -1.69. The summed E-state index contributed by atoms with van der Waals surface area (Å²) in [6, 6.07) is 21.7. The number of hydrogen-bond acceptors (Lipinski definition) is 17. The molecule has 0 saturated carbocycles. The summed E-state index contributed by atoms with van der Waals surface area (Å²) in [6.07, 6.45) is 12.2. The number of anilines is 1. The van der Waals surface area contributed by atoms with Gasteiger partial charge in [0.2, 0.25) is 37.8 Å². The number of ether oxygens (including phenoxy) is 4. The molecule has 7 amide bonds. The van der Waals surface area contributed by atoms with Crippen LogP contribution in [-0.2, 0) is 57.2 Å². The number of nitrogens with zero attached hydrogens (tertiary/aromatic N) is 5. The van der Waals surface area contributed by atoms with Gasteiger partial charge in [-0.25, -0.2) is 26.3 Å². The Kier molecular flexibility index (Phi) is 20.9. The first-order valence-electron chi connectivity index (χ1n) is 30.9. The lowest BCUT2D eigenvalue weighted by molar-refractivity contribution is -0.137.